The Balaban J connectivity index is 0.000000878. The highest BCUT2D eigenvalue weighted by Crippen LogP contribution is 2.34. The first-order chi connectivity index (χ1) is 13.3. The molecule has 1 aromatic heterocycles. The molecule has 0 fully saturated rings. The van der Waals surface area contributed by atoms with E-state index in [0.717, 1.165) is 11.1 Å². The van der Waals surface area contributed by atoms with E-state index in [1.807, 2.05) is 20.2 Å². The van der Waals surface area contributed by atoms with Crippen LogP contribution in [0.3, 0.4) is 0 Å². The zero-order chi connectivity index (χ0) is 20.8. The predicted molar refractivity (Wildman–Crippen MR) is 110 cm³/mol. The molecule has 0 aliphatic carbocycles. The van der Waals surface area contributed by atoms with Crippen LogP contribution < -0.4 is 5.32 Å². The summed E-state index contributed by atoms with van der Waals surface area (Å²) in [5.74, 6) is -0.454. The van der Waals surface area contributed by atoms with Gasteiger partial charge in [-0.25, -0.2) is 4.39 Å². The van der Waals surface area contributed by atoms with Crippen LogP contribution >= 0.6 is 0 Å². The Labute approximate surface area is 163 Å². The van der Waals surface area contributed by atoms with Crippen LogP contribution in [0.25, 0.3) is 10.9 Å². The van der Waals surface area contributed by atoms with Gasteiger partial charge in [0.25, 0.3) is 0 Å². The van der Waals surface area contributed by atoms with Crippen LogP contribution in [-0.2, 0) is 6.42 Å². The summed E-state index contributed by atoms with van der Waals surface area (Å²) in [5, 5.41) is 21.8. The summed E-state index contributed by atoms with van der Waals surface area (Å²) >= 11 is 0. The number of hydrogen-bond acceptors (Lipinski definition) is 5. The van der Waals surface area contributed by atoms with Gasteiger partial charge in [-0.05, 0) is 69.3 Å². The number of carbonyl (C=O) groups excluding carboxylic acids is 1. The van der Waals surface area contributed by atoms with Crippen LogP contribution in [0, 0.1) is 18.2 Å². The zero-order valence-electron chi connectivity index (χ0n) is 16.4. The van der Waals surface area contributed by atoms with E-state index in [1.54, 1.807) is 32.2 Å². The summed E-state index contributed by atoms with van der Waals surface area (Å²) in [6, 6.07) is 8.09. The van der Waals surface area contributed by atoms with Crippen LogP contribution in [-0.4, -0.2) is 36.2 Å². The number of nitrogens with one attached hydrogen (secondary N) is 2. The number of hydrogen-bond donors (Lipinski definition) is 3. The lowest BCUT2D eigenvalue weighted by Crippen LogP contribution is -2.04. The lowest BCUT2D eigenvalue weighted by atomic mass is 9.92. The van der Waals surface area contributed by atoms with Gasteiger partial charge in [0.1, 0.15) is 11.3 Å². The molecule has 5 nitrogen and oxygen atoms in total. The van der Waals surface area contributed by atoms with Gasteiger partial charge in [-0.2, -0.15) is 0 Å². The van der Waals surface area contributed by atoms with Crippen molar-refractivity contribution in [2.75, 3.05) is 14.1 Å². The van der Waals surface area contributed by atoms with Crippen molar-refractivity contribution in [1.29, 1.82) is 5.41 Å². The van der Waals surface area contributed by atoms with Crippen molar-refractivity contribution in [1.82, 2.24) is 10.3 Å². The van der Waals surface area contributed by atoms with Crippen molar-refractivity contribution in [2.45, 2.75) is 20.3 Å². The Morgan fingerprint density at radius 2 is 1.86 bits per heavy atom. The van der Waals surface area contributed by atoms with Crippen molar-refractivity contribution < 1.29 is 14.3 Å². The van der Waals surface area contributed by atoms with Crippen molar-refractivity contribution in [3.63, 3.8) is 0 Å². The molecule has 0 amide bonds. The van der Waals surface area contributed by atoms with E-state index in [9.17, 15) is 14.3 Å². The SMILES string of the molecule is CC(=N)c1c(C)c(C=O)c(O)c2ncc(Cc3ccc(F)cc3)cc12.CNC. The summed E-state index contributed by atoms with van der Waals surface area (Å²) in [6.07, 6.45) is 2.76. The molecule has 1 heterocycles. The van der Waals surface area contributed by atoms with Crippen molar-refractivity contribution in [2.24, 2.45) is 0 Å². The van der Waals surface area contributed by atoms with Crippen molar-refractivity contribution >= 4 is 22.9 Å². The molecule has 28 heavy (non-hydrogen) atoms. The van der Waals surface area contributed by atoms with Crippen LogP contribution in [0.5, 0.6) is 5.75 Å². The normalized spacial score (nSPS) is 10.3. The second kappa shape index (κ2) is 9.19. The number of phenols is 1. The molecule has 3 aromatic rings. The maximum Gasteiger partial charge on any atom is 0.154 e. The van der Waals surface area contributed by atoms with Gasteiger partial charge in [-0.1, -0.05) is 12.1 Å². The molecule has 3 rings (SSSR count). The lowest BCUT2D eigenvalue weighted by molar-refractivity contribution is 0.112. The Morgan fingerprint density at radius 3 is 2.39 bits per heavy atom. The molecule has 0 atom stereocenters. The summed E-state index contributed by atoms with van der Waals surface area (Å²) in [5.41, 5.74) is 3.73. The molecule has 0 saturated carbocycles. The molecule has 2 aromatic carbocycles. The monoisotopic (exact) mass is 381 g/mol. The zero-order valence-corrected chi connectivity index (χ0v) is 16.4. The highest BCUT2D eigenvalue weighted by Gasteiger charge is 2.18. The Morgan fingerprint density at radius 1 is 1.25 bits per heavy atom. The molecule has 3 N–H and O–H groups in total. The third-order valence-electron chi connectivity index (χ3n) is 4.29. The highest BCUT2D eigenvalue weighted by molar-refractivity contribution is 6.12. The van der Waals surface area contributed by atoms with E-state index in [2.05, 4.69) is 10.3 Å². The number of pyridine rings is 1. The number of halogens is 1. The second-order valence-corrected chi connectivity index (χ2v) is 6.55. The van der Waals surface area contributed by atoms with Gasteiger partial charge in [-0.3, -0.25) is 9.78 Å². The Hall–Kier alpha value is -3.12. The molecular formula is C22H24FN3O2. The lowest BCUT2D eigenvalue weighted by Gasteiger charge is -2.14. The summed E-state index contributed by atoms with van der Waals surface area (Å²) in [7, 11) is 3.75. The Bertz CT molecular complexity index is 1010. The quantitative estimate of drug-likeness (QED) is 0.471. The molecule has 0 radical (unpaired) electrons. The maximum atomic E-state index is 13.0. The maximum absolute atomic E-state index is 13.0. The molecule has 0 bridgehead atoms. The number of rotatable bonds is 4. The predicted octanol–water partition coefficient (Wildman–Crippen LogP) is 4.01. The van der Waals surface area contributed by atoms with Crippen molar-refractivity contribution in [3.8, 4) is 5.75 Å². The number of phenolic OH excluding ortho intramolecular Hbond substituents is 1. The van der Waals surface area contributed by atoms with Crippen LogP contribution in [0.1, 0.15) is 39.5 Å². The molecule has 146 valence electrons. The topological polar surface area (TPSA) is 86.1 Å². The first kappa shape index (κ1) is 21.2. The largest absolute Gasteiger partial charge is 0.505 e. The molecule has 0 aliphatic heterocycles. The average molecular weight is 381 g/mol. The minimum Gasteiger partial charge on any atom is -0.505 e. The first-order valence-corrected chi connectivity index (χ1v) is 8.81. The molecule has 0 aliphatic rings. The van der Waals surface area contributed by atoms with E-state index in [1.165, 1.54) is 12.1 Å². The van der Waals surface area contributed by atoms with Crippen LogP contribution in [0.4, 0.5) is 4.39 Å². The third kappa shape index (κ3) is 4.40. The van der Waals surface area contributed by atoms with E-state index in [4.69, 9.17) is 5.41 Å². The minimum atomic E-state index is -0.288. The molecule has 6 heteroatoms. The van der Waals surface area contributed by atoms with Gasteiger partial charge in [0.2, 0.25) is 0 Å². The van der Waals surface area contributed by atoms with Crippen LogP contribution in [0.2, 0.25) is 0 Å². The minimum absolute atomic E-state index is 0.160. The van der Waals surface area contributed by atoms with Gasteiger partial charge in [0.15, 0.2) is 12.0 Å². The van der Waals surface area contributed by atoms with E-state index in [0.29, 0.717) is 40.4 Å². The summed E-state index contributed by atoms with van der Waals surface area (Å²) < 4.78 is 13.0. The van der Waals surface area contributed by atoms with Gasteiger partial charge in [-0.15, -0.1) is 0 Å². The van der Waals surface area contributed by atoms with Crippen molar-refractivity contribution in [3.05, 3.63) is 70.2 Å². The number of nitrogens with zero attached hydrogens (tertiary/aromatic N) is 1. The van der Waals surface area contributed by atoms with Gasteiger partial charge >= 0.3 is 0 Å². The smallest absolute Gasteiger partial charge is 0.154 e. The second-order valence-electron chi connectivity index (χ2n) is 6.55. The molecule has 0 saturated heterocycles. The fraction of sp³-hybridized carbons (Fsp3) is 0.227. The van der Waals surface area contributed by atoms with Gasteiger partial charge in [0, 0.05) is 22.9 Å². The number of aromatic nitrogens is 1. The number of benzene rings is 2. The van der Waals surface area contributed by atoms with Gasteiger partial charge < -0.3 is 15.8 Å². The molecule has 0 spiro atoms. The Kier molecular flexibility index (Phi) is 6.95. The van der Waals surface area contributed by atoms with E-state index >= 15 is 0 Å². The fourth-order valence-corrected chi connectivity index (χ4v) is 3.09. The molecular weight excluding hydrogens is 357 g/mol. The standard InChI is InChI=1S/C20H17FN2O2.C2H7N/c1-11-17(10-24)20(25)19-16(18(11)12(2)22)8-14(9-23-19)7-13-3-5-15(21)6-4-13;1-3-2/h3-6,8-10,22,25H,7H2,1-2H3;3H,1-2H3. The first-order valence-electron chi connectivity index (χ1n) is 8.81. The summed E-state index contributed by atoms with van der Waals surface area (Å²) in [6.45, 7) is 3.35. The third-order valence-corrected chi connectivity index (χ3v) is 4.29. The number of carbonyl (C=O) groups is 1. The number of aromatic hydroxyl groups is 1. The number of aldehydes is 1. The van der Waals surface area contributed by atoms with E-state index in [-0.39, 0.29) is 17.1 Å². The van der Waals surface area contributed by atoms with E-state index < -0.39 is 0 Å². The summed E-state index contributed by atoms with van der Waals surface area (Å²) in [4.78, 5) is 15.6. The van der Waals surface area contributed by atoms with Gasteiger partial charge in [0.05, 0.1) is 5.56 Å². The highest BCUT2D eigenvalue weighted by atomic mass is 19.1. The fourth-order valence-electron chi connectivity index (χ4n) is 3.09. The number of fused-ring (bicyclic) bond motifs is 1. The average Bonchev–Trinajstić information content (AvgIpc) is 2.64. The van der Waals surface area contributed by atoms with Crippen LogP contribution in [0.15, 0.2) is 36.5 Å². The molecule has 0 unspecified atom stereocenters.